The molecule has 21 heavy (non-hydrogen) atoms. The number of carbonyl (C=O) groups excluding carboxylic acids is 1. The number of thiazole rings is 1. The summed E-state index contributed by atoms with van der Waals surface area (Å²) in [5, 5.41) is 17.3. The van der Waals surface area contributed by atoms with E-state index in [2.05, 4.69) is 15.5 Å². The van der Waals surface area contributed by atoms with Crippen LogP contribution in [0.4, 0.5) is 0 Å². The molecule has 0 spiro atoms. The minimum atomic E-state index is -1.08. The molecule has 2 rings (SSSR count). The average molecular weight is 309 g/mol. The second-order valence-electron chi connectivity index (χ2n) is 4.78. The molecule has 1 amide bonds. The Kier molecular flexibility index (Phi) is 4.37. The van der Waals surface area contributed by atoms with E-state index in [0.717, 1.165) is 0 Å². The van der Waals surface area contributed by atoms with Crippen LogP contribution in [0.15, 0.2) is 9.90 Å². The number of hydrogen-bond donors (Lipinski definition) is 2. The van der Waals surface area contributed by atoms with Gasteiger partial charge in [-0.25, -0.2) is 9.78 Å². The maximum absolute atomic E-state index is 12.2. The van der Waals surface area contributed by atoms with Crippen LogP contribution in [0.2, 0.25) is 0 Å². The Morgan fingerprint density at radius 3 is 2.76 bits per heavy atom. The maximum atomic E-state index is 12.2. The number of amides is 1. The topological polar surface area (TPSA) is 105 Å². The zero-order valence-corrected chi connectivity index (χ0v) is 12.7. The van der Waals surface area contributed by atoms with E-state index in [4.69, 9.17) is 9.63 Å². The minimum absolute atomic E-state index is 0.0201. The van der Waals surface area contributed by atoms with Crippen LogP contribution in [0.25, 0.3) is 0 Å². The van der Waals surface area contributed by atoms with Crippen molar-refractivity contribution in [1.82, 2.24) is 15.5 Å². The third-order valence-corrected chi connectivity index (χ3v) is 3.66. The number of aromatic nitrogens is 2. The van der Waals surface area contributed by atoms with Crippen molar-refractivity contribution >= 4 is 23.2 Å². The third-order valence-electron chi connectivity index (χ3n) is 2.81. The van der Waals surface area contributed by atoms with Crippen molar-refractivity contribution in [2.75, 3.05) is 0 Å². The molecule has 2 aromatic heterocycles. The molecule has 0 aliphatic heterocycles. The van der Waals surface area contributed by atoms with Crippen molar-refractivity contribution in [1.29, 1.82) is 0 Å². The van der Waals surface area contributed by atoms with Gasteiger partial charge >= 0.3 is 5.97 Å². The summed E-state index contributed by atoms with van der Waals surface area (Å²) in [6, 6.07) is 0. The lowest BCUT2D eigenvalue weighted by Gasteiger charge is -2.05. The molecule has 0 radical (unpaired) electrons. The predicted molar refractivity (Wildman–Crippen MR) is 75.6 cm³/mol. The SMILES string of the molecule is Cc1noc(C(C)C)c1C(=O)NCc1nc(C(=O)O)cs1. The van der Waals surface area contributed by atoms with E-state index < -0.39 is 5.97 Å². The number of nitrogens with one attached hydrogen (secondary N) is 1. The molecule has 0 aromatic carbocycles. The van der Waals surface area contributed by atoms with Gasteiger partial charge in [-0.05, 0) is 6.92 Å². The van der Waals surface area contributed by atoms with Gasteiger partial charge in [-0.15, -0.1) is 11.3 Å². The van der Waals surface area contributed by atoms with Gasteiger partial charge in [0.05, 0.1) is 12.2 Å². The van der Waals surface area contributed by atoms with Crippen molar-refractivity contribution in [2.24, 2.45) is 0 Å². The highest BCUT2D eigenvalue weighted by molar-refractivity contribution is 7.09. The summed E-state index contributed by atoms with van der Waals surface area (Å²) in [7, 11) is 0. The Balaban J connectivity index is 2.08. The van der Waals surface area contributed by atoms with E-state index in [1.807, 2.05) is 13.8 Å². The lowest BCUT2D eigenvalue weighted by molar-refractivity contribution is 0.0691. The molecular formula is C13H15N3O4S. The van der Waals surface area contributed by atoms with Crippen LogP contribution < -0.4 is 5.32 Å². The van der Waals surface area contributed by atoms with Gasteiger partial charge in [0.25, 0.3) is 5.91 Å². The average Bonchev–Trinajstić information content (AvgIpc) is 3.02. The van der Waals surface area contributed by atoms with Crippen molar-refractivity contribution in [3.63, 3.8) is 0 Å². The molecule has 0 aliphatic carbocycles. The number of carboxylic acids is 1. The molecule has 0 saturated heterocycles. The summed E-state index contributed by atoms with van der Waals surface area (Å²) in [4.78, 5) is 26.9. The molecule has 112 valence electrons. The summed E-state index contributed by atoms with van der Waals surface area (Å²) in [5.41, 5.74) is 0.940. The summed E-state index contributed by atoms with van der Waals surface area (Å²) < 4.78 is 5.16. The molecule has 2 heterocycles. The Hall–Kier alpha value is -2.22. The van der Waals surface area contributed by atoms with E-state index in [-0.39, 0.29) is 24.1 Å². The number of carboxylic acid groups (broad SMARTS) is 1. The van der Waals surface area contributed by atoms with Gasteiger partial charge in [0.15, 0.2) is 11.5 Å². The number of hydrogen-bond acceptors (Lipinski definition) is 6. The van der Waals surface area contributed by atoms with E-state index in [1.54, 1.807) is 6.92 Å². The van der Waals surface area contributed by atoms with Crippen LogP contribution in [0.3, 0.4) is 0 Å². The highest BCUT2D eigenvalue weighted by atomic mass is 32.1. The van der Waals surface area contributed by atoms with Crippen molar-refractivity contribution in [3.05, 3.63) is 33.1 Å². The largest absolute Gasteiger partial charge is 0.476 e. The Morgan fingerprint density at radius 1 is 1.48 bits per heavy atom. The van der Waals surface area contributed by atoms with Crippen molar-refractivity contribution in [2.45, 2.75) is 33.2 Å². The van der Waals surface area contributed by atoms with Gasteiger partial charge in [0.2, 0.25) is 0 Å². The molecule has 0 unspecified atom stereocenters. The Labute approximate surface area is 125 Å². The second-order valence-corrected chi connectivity index (χ2v) is 5.72. The highest BCUT2D eigenvalue weighted by Crippen LogP contribution is 2.22. The fourth-order valence-electron chi connectivity index (χ4n) is 1.79. The number of carbonyl (C=O) groups is 2. The first-order valence-electron chi connectivity index (χ1n) is 6.32. The first-order chi connectivity index (χ1) is 9.90. The van der Waals surface area contributed by atoms with Crippen LogP contribution in [-0.4, -0.2) is 27.1 Å². The Bertz CT molecular complexity index is 675. The van der Waals surface area contributed by atoms with Crippen LogP contribution >= 0.6 is 11.3 Å². The number of rotatable bonds is 5. The van der Waals surface area contributed by atoms with Gasteiger partial charge in [-0.2, -0.15) is 0 Å². The van der Waals surface area contributed by atoms with E-state index in [9.17, 15) is 9.59 Å². The number of aromatic carboxylic acids is 1. The second kappa shape index (κ2) is 6.04. The standard InChI is InChI=1S/C13H15N3O4S/c1-6(2)11-10(7(3)16-20-11)12(17)14-4-9-15-8(5-21-9)13(18)19/h5-6H,4H2,1-3H3,(H,14,17)(H,18,19). The fourth-order valence-corrected chi connectivity index (χ4v) is 2.50. The molecule has 0 atom stereocenters. The summed E-state index contributed by atoms with van der Waals surface area (Å²) >= 11 is 1.19. The van der Waals surface area contributed by atoms with E-state index in [0.29, 0.717) is 22.0 Å². The lowest BCUT2D eigenvalue weighted by Crippen LogP contribution is -2.24. The third kappa shape index (κ3) is 3.27. The van der Waals surface area contributed by atoms with Gasteiger partial charge in [0.1, 0.15) is 10.6 Å². The quantitative estimate of drug-likeness (QED) is 0.877. The van der Waals surface area contributed by atoms with Crippen molar-refractivity contribution < 1.29 is 19.2 Å². The van der Waals surface area contributed by atoms with Crippen LogP contribution in [0.1, 0.15) is 57.1 Å². The van der Waals surface area contributed by atoms with Crippen LogP contribution in [0, 0.1) is 6.92 Å². The molecule has 2 aromatic rings. The smallest absolute Gasteiger partial charge is 0.355 e. The zero-order valence-electron chi connectivity index (χ0n) is 11.8. The molecular weight excluding hydrogens is 294 g/mol. The summed E-state index contributed by atoms with van der Waals surface area (Å²) in [6.07, 6.45) is 0. The highest BCUT2D eigenvalue weighted by Gasteiger charge is 2.22. The van der Waals surface area contributed by atoms with Crippen molar-refractivity contribution in [3.8, 4) is 0 Å². The zero-order chi connectivity index (χ0) is 15.6. The van der Waals surface area contributed by atoms with Gasteiger partial charge in [-0.1, -0.05) is 19.0 Å². The molecule has 0 fully saturated rings. The fraction of sp³-hybridized carbons (Fsp3) is 0.385. The molecule has 7 nitrogen and oxygen atoms in total. The monoisotopic (exact) mass is 309 g/mol. The first kappa shape index (κ1) is 15.2. The van der Waals surface area contributed by atoms with Gasteiger partial charge in [-0.3, -0.25) is 4.79 Å². The predicted octanol–water partition coefficient (Wildman–Crippen LogP) is 2.19. The van der Waals surface area contributed by atoms with Gasteiger partial charge < -0.3 is 14.9 Å². The number of aryl methyl sites for hydroxylation is 1. The first-order valence-corrected chi connectivity index (χ1v) is 7.20. The molecule has 0 saturated carbocycles. The number of nitrogens with zero attached hydrogens (tertiary/aromatic N) is 2. The maximum Gasteiger partial charge on any atom is 0.355 e. The van der Waals surface area contributed by atoms with E-state index in [1.165, 1.54) is 16.7 Å². The molecule has 8 heteroatoms. The van der Waals surface area contributed by atoms with Gasteiger partial charge in [0, 0.05) is 11.3 Å². The summed E-state index contributed by atoms with van der Waals surface area (Å²) in [6.45, 7) is 5.70. The lowest BCUT2D eigenvalue weighted by atomic mass is 10.0. The van der Waals surface area contributed by atoms with Crippen LogP contribution in [0.5, 0.6) is 0 Å². The summed E-state index contributed by atoms with van der Waals surface area (Å²) in [5.74, 6) is -0.800. The minimum Gasteiger partial charge on any atom is -0.476 e. The molecule has 0 bridgehead atoms. The molecule has 0 aliphatic rings. The normalized spacial score (nSPS) is 10.9. The van der Waals surface area contributed by atoms with Crippen LogP contribution in [-0.2, 0) is 6.54 Å². The molecule has 2 N–H and O–H groups in total. The Morgan fingerprint density at radius 2 is 2.19 bits per heavy atom. The van der Waals surface area contributed by atoms with E-state index >= 15 is 0 Å².